The average molecular weight is 434 g/mol. The summed E-state index contributed by atoms with van der Waals surface area (Å²) in [5.74, 6) is -5.51. The van der Waals surface area contributed by atoms with Crippen LogP contribution in [-0.4, -0.2) is 67.8 Å². The van der Waals surface area contributed by atoms with Gasteiger partial charge >= 0.3 is 24.3 Å². The lowest BCUT2D eigenvalue weighted by atomic mass is 10.2. The van der Waals surface area contributed by atoms with Gasteiger partial charge in [0.05, 0.1) is 6.61 Å². The molecule has 1 aromatic carbocycles. The number of carbonyl (C=O) groups is 2. The number of methoxy groups -OCH3 is 1. The van der Waals surface area contributed by atoms with Crippen molar-refractivity contribution in [3.8, 4) is 0 Å². The number of hydrogen-bond acceptors (Lipinski definition) is 5. The van der Waals surface area contributed by atoms with E-state index in [0.29, 0.717) is 6.61 Å². The van der Waals surface area contributed by atoms with E-state index in [4.69, 9.17) is 24.5 Å². The highest BCUT2D eigenvalue weighted by Crippen LogP contribution is 2.17. The molecule has 0 bridgehead atoms. The zero-order chi connectivity index (χ0) is 22.7. The maximum atomic E-state index is 10.6. The van der Waals surface area contributed by atoms with Gasteiger partial charge in [-0.3, -0.25) is 0 Å². The molecule has 0 spiro atoms. The lowest BCUT2D eigenvalue weighted by molar-refractivity contribution is -0.193. The smallest absolute Gasteiger partial charge is 0.475 e. The number of ether oxygens (including phenoxy) is 1. The van der Waals surface area contributed by atoms with E-state index in [9.17, 15) is 26.3 Å². The summed E-state index contributed by atoms with van der Waals surface area (Å²) in [6, 6.07) is 8.60. The Kier molecular flexibility index (Phi) is 11.1. The molecule has 0 unspecified atom stereocenters. The van der Waals surface area contributed by atoms with Crippen LogP contribution < -0.4 is 10.2 Å². The highest BCUT2D eigenvalue weighted by Gasteiger charge is 2.38. The lowest BCUT2D eigenvalue weighted by Gasteiger charge is -2.29. The molecular weight excluding hydrogens is 414 g/mol. The molecule has 0 aromatic heterocycles. The molecule has 1 aliphatic heterocycles. The third kappa shape index (κ3) is 11.8. The Hall–Kier alpha value is -2.54. The van der Waals surface area contributed by atoms with Gasteiger partial charge in [-0.1, -0.05) is 12.1 Å². The number of carboxylic acid groups (broad SMARTS) is 2. The number of nitrogens with one attached hydrogen (secondary N) is 1. The fourth-order valence-electron chi connectivity index (χ4n) is 1.93. The Bertz CT molecular complexity index is 621. The number of carboxylic acids is 2. The van der Waals surface area contributed by atoms with Gasteiger partial charge in [0.2, 0.25) is 0 Å². The quantitative estimate of drug-likeness (QED) is 0.629. The number of alkyl halides is 6. The van der Waals surface area contributed by atoms with E-state index in [1.54, 1.807) is 7.11 Å². The third-order valence-electron chi connectivity index (χ3n) is 3.19. The van der Waals surface area contributed by atoms with Gasteiger partial charge < -0.3 is 25.2 Å². The second kappa shape index (κ2) is 12.1. The Morgan fingerprint density at radius 2 is 1.48 bits per heavy atom. The SMILES string of the molecule is COCc1cccc(N2CCNCC2)c1.O=C(O)C(F)(F)F.O=C(O)C(F)(F)F. The van der Waals surface area contributed by atoms with Crippen molar-refractivity contribution in [2.24, 2.45) is 0 Å². The largest absolute Gasteiger partial charge is 0.490 e. The van der Waals surface area contributed by atoms with Crippen LogP contribution >= 0.6 is 0 Å². The van der Waals surface area contributed by atoms with Crippen molar-refractivity contribution >= 4 is 17.6 Å². The van der Waals surface area contributed by atoms with Crippen LogP contribution in [0.5, 0.6) is 0 Å². The Balaban J connectivity index is 0.000000473. The Morgan fingerprint density at radius 1 is 1.03 bits per heavy atom. The maximum Gasteiger partial charge on any atom is 0.490 e. The molecule has 3 N–H and O–H groups in total. The normalized spacial score (nSPS) is 14.1. The van der Waals surface area contributed by atoms with Gasteiger partial charge in [-0.25, -0.2) is 9.59 Å². The molecule has 166 valence electrons. The molecular formula is C16H20F6N2O5. The number of nitrogens with zero attached hydrogens (tertiary/aromatic N) is 1. The van der Waals surface area contributed by atoms with Gasteiger partial charge in [-0.05, 0) is 17.7 Å². The molecule has 1 fully saturated rings. The van der Waals surface area contributed by atoms with Crippen LogP contribution in [0.1, 0.15) is 5.56 Å². The highest BCUT2D eigenvalue weighted by molar-refractivity contribution is 5.73. The summed E-state index contributed by atoms with van der Waals surface area (Å²) >= 11 is 0. The minimum Gasteiger partial charge on any atom is -0.475 e. The van der Waals surface area contributed by atoms with Crippen LogP contribution in [0.15, 0.2) is 24.3 Å². The van der Waals surface area contributed by atoms with Gasteiger partial charge in [0.25, 0.3) is 0 Å². The number of aliphatic carboxylic acids is 2. The van der Waals surface area contributed by atoms with Crippen LogP contribution in [0.4, 0.5) is 32.0 Å². The van der Waals surface area contributed by atoms with Crippen LogP contribution in [0, 0.1) is 0 Å². The molecule has 1 aromatic rings. The van der Waals surface area contributed by atoms with Gasteiger partial charge in [0, 0.05) is 39.0 Å². The Labute approximate surface area is 161 Å². The van der Waals surface area contributed by atoms with Gasteiger partial charge in [-0.15, -0.1) is 0 Å². The number of hydrogen-bond donors (Lipinski definition) is 3. The van der Waals surface area contributed by atoms with Crippen molar-refractivity contribution in [3.05, 3.63) is 29.8 Å². The van der Waals surface area contributed by atoms with Crippen molar-refractivity contribution < 1.29 is 50.9 Å². The van der Waals surface area contributed by atoms with Crippen LogP contribution in [0.3, 0.4) is 0 Å². The molecule has 0 amide bonds. The predicted octanol–water partition coefficient (Wildman–Crippen LogP) is 2.51. The minimum atomic E-state index is -5.08. The molecule has 1 saturated heterocycles. The van der Waals surface area contributed by atoms with E-state index in [-0.39, 0.29) is 0 Å². The van der Waals surface area contributed by atoms with Crippen molar-refractivity contribution in [2.75, 3.05) is 38.2 Å². The van der Waals surface area contributed by atoms with E-state index in [1.165, 1.54) is 11.3 Å². The average Bonchev–Trinajstić information content (AvgIpc) is 2.62. The molecule has 0 atom stereocenters. The summed E-state index contributed by atoms with van der Waals surface area (Å²) in [5, 5.41) is 17.6. The summed E-state index contributed by atoms with van der Waals surface area (Å²) in [7, 11) is 1.73. The second-order valence-corrected chi connectivity index (χ2v) is 5.45. The second-order valence-electron chi connectivity index (χ2n) is 5.45. The van der Waals surface area contributed by atoms with E-state index in [1.807, 2.05) is 0 Å². The molecule has 29 heavy (non-hydrogen) atoms. The predicted molar refractivity (Wildman–Crippen MR) is 89.6 cm³/mol. The number of anilines is 1. The molecule has 1 heterocycles. The molecule has 1 aliphatic rings. The standard InChI is InChI=1S/C12H18N2O.2C2HF3O2/c1-15-10-11-3-2-4-12(9-11)14-7-5-13-6-8-14;2*3-2(4,5)1(6)7/h2-4,9,13H,5-8,10H2,1H3;2*(H,6,7). The minimum absolute atomic E-state index is 0.694. The summed E-state index contributed by atoms with van der Waals surface area (Å²) in [6.45, 7) is 5.04. The number of benzene rings is 1. The summed E-state index contributed by atoms with van der Waals surface area (Å²) in [5.41, 5.74) is 2.56. The number of rotatable bonds is 3. The van der Waals surface area contributed by atoms with Crippen molar-refractivity contribution in [1.29, 1.82) is 0 Å². The first-order valence-electron chi connectivity index (χ1n) is 7.92. The summed E-state index contributed by atoms with van der Waals surface area (Å²) in [4.78, 5) is 20.2. The highest BCUT2D eigenvalue weighted by atomic mass is 19.4. The first-order chi connectivity index (χ1) is 13.3. The first-order valence-corrected chi connectivity index (χ1v) is 7.92. The van der Waals surface area contributed by atoms with E-state index in [2.05, 4.69) is 34.5 Å². The Morgan fingerprint density at radius 3 is 1.86 bits per heavy atom. The third-order valence-corrected chi connectivity index (χ3v) is 3.19. The molecule has 2 rings (SSSR count). The van der Waals surface area contributed by atoms with Crippen LogP contribution in [0.25, 0.3) is 0 Å². The topological polar surface area (TPSA) is 99.1 Å². The maximum absolute atomic E-state index is 10.6. The lowest BCUT2D eigenvalue weighted by Crippen LogP contribution is -2.43. The zero-order valence-corrected chi connectivity index (χ0v) is 15.2. The molecule has 0 radical (unpaired) electrons. The molecule has 0 saturated carbocycles. The van der Waals surface area contributed by atoms with Crippen molar-refractivity contribution in [1.82, 2.24) is 5.32 Å². The fourth-order valence-corrected chi connectivity index (χ4v) is 1.93. The molecule has 13 heteroatoms. The van der Waals surface area contributed by atoms with E-state index < -0.39 is 24.3 Å². The number of piperazine rings is 1. The zero-order valence-electron chi connectivity index (χ0n) is 15.2. The van der Waals surface area contributed by atoms with Gasteiger partial charge in [0.1, 0.15) is 0 Å². The first kappa shape index (κ1) is 26.5. The number of halogens is 6. The molecule has 7 nitrogen and oxygen atoms in total. The fraction of sp³-hybridized carbons (Fsp3) is 0.500. The van der Waals surface area contributed by atoms with E-state index >= 15 is 0 Å². The van der Waals surface area contributed by atoms with Gasteiger partial charge in [0.15, 0.2) is 0 Å². The summed E-state index contributed by atoms with van der Waals surface area (Å²) < 4.78 is 68.6. The summed E-state index contributed by atoms with van der Waals surface area (Å²) in [6.07, 6.45) is -10.2. The van der Waals surface area contributed by atoms with Crippen LogP contribution in [-0.2, 0) is 20.9 Å². The monoisotopic (exact) mass is 434 g/mol. The van der Waals surface area contributed by atoms with Crippen molar-refractivity contribution in [2.45, 2.75) is 19.0 Å². The molecule has 0 aliphatic carbocycles. The van der Waals surface area contributed by atoms with Gasteiger partial charge in [-0.2, -0.15) is 26.3 Å². The van der Waals surface area contributed by atoms with Crippen molar-refractivity contribution in [3.63, 3.8) is 0 Å². The van der Waals surface area contributed by atoms with Crippen LogP contribution in [0.2, 0.25) is 0 Å². The van der Waals surface area contributed by atoms with E-state index in [0.717, 1.165) is 26.2 Å².